The molecule has 154 valence electrons. The van der Waals surface area contributed by atoms with E-state index in [1.54, 1.807) is 4.90 Å². The smallest absolute Gasteiger partial charge is 0.263 e. The highest BCUT2D eigenvalue weighted by Crippen LogP contribution is 2.25. The van der Waals surface area contributed by atoms with Crippen molar-refractivity contribution in [2.24, 2.45) is 7.05 Å². The van der Waals surface area contributed by atoms with Crippen LogP contribution < -0.4 is 4.74 Å². The van der Waals surface area contributed by atoms with Crippen LogP contribution in [0.25, 0.3) is 0 Å². The molecule has 0 aliphatic carbocycles. The van der Waals surface area contributed by atoms with Crippen LogP contribution in [-0.2, 0) is 20.2 Å². The molecule has 0 atom stereocenters. The average molecular weight is 412 g/mol. The van der Waals surface area contributed by atoms with Crippen LogP contribution in [0.3, 0.4) is 0 Å². The van der Waals surface area contributed by atoms with Crippen LogP contribution in [0, 0.1) is 34.6 Å². The lowest BCUT2D eigenvalue weighted by Crippen LogP contribution is -2.26. The fraction of sp³-hybridized carbons (Fsp3) is 0.391. The molecule has 0 saturated carbocycles. The van der Waals surface area contributed by atoms with Gasteiger partial charge in [0, 0.05) is 37.5 Å². The maximum atomic E-state index is 12.9. The summed E-state index contributed by atoms with van der Waals surface area (Å²) >= 11 is 1.46. The van der Waals surface area contributed by atoms with Crippen LogP contribution in [0.4, 0.5) is 0 Å². The van der Waals surface area contributed by atoms with Crippen molar-refractivity contribution in [3.8, 4) is 5.75 Å². The van der Waals surface area contributed by atoms with Gasteiger partial charge in [-0.3, -0.25) is 9.48 Å². The molecular formula is C23H29N3O2S. The summed E-state index contributed by atoms with van der Waals surface area (Å²) in [7, 11) is 3.76. The van der Waals surface area contributed by atoms with Crippen molar-refractivity contribution < 1.29 is 9.53 Å². The molecule has 3 rings (SSSR count). The van der Waals surface area contributed by atoms with E-state index in [1.165, 1.54) is 22.5 Å². The van der Waals surface area contributed by atoms with Gasteiger partial charge in [-0.05, 0) is 68.8 Å². The molecule has 0 unspecified atom stereocenters. The molecule has 0 aliphatic rings. The number of carbonyl (C=O) groups excluding carboxylic acids is 1. The summed E-state index contributed by atoms with van der Waals surface area (Å²) in [6.07, 6.45) is 0. The van der Waals surface area contributed by atoms with E-state index >= 15 is 0 Å². The molecular weight excluding hydrogens is 382 g/mol. The van der Waals surface area contributed by atoms with E-state index in [4.69, 9.17) is 4.74 Å². The van der Waals surface area contributed by atoms with Gasteiger partial charge in [0.2, 0.25) is 0 Å². The number of rotatable bonds is 6. The first-order valence-electron chi connectivity index (χ1n) is 9.70. The highest BCUT2D eigenvalue weighted by atomic mass is 32.1. The molecule has 29 heavy (non-hydrogen) atoms. The zero-order valence-electron chi connectivity index (χ0n) is 18.3. The molecule has 1 amide bonds. The second-order valence-corrected chi connectivity index (χ2v) is 8.66. The highest BCUT2D eigenvalue weighted by Gasteiger charge is 2.18. The zero-order valence-corrected chi connectivity index (χ0v) is 19.1. The van der Waals surface area contributed by atoms with Gasteiger partial charge in [-0.15, -0.1) is 11.3 Å². The Bertz CT molecular complexity index is 1050. The van der Waals surface area contributed by atoms with E-state index in [9.17, 15) is 4.79 Å². The first-order chi connectivity index (χ1) is 13.7. The molecule has 0 fully saturated rings. The van der Waals surface area contributed by atoms with Gasteiger partial charge in [-0.2, -0.15) is 5.10 Å². The van der Waals surface area contributed by atoms with Gasteiger partial charge in [0.05, 0.1) is 10.6 Å². The lowest BCUT2D eigenvalue weighted by atomic mass is 10.1. The first kappa shape index (κ1) is 21.1. The number of aromatic nitrogens is 2. The molecule has 0 N–H and O–H groups in total. The first-order valence-corrected chi connectivity index (χ1v) is 10.6. The summed E-state index contributed by atoms with van der Waals surface area (Å²) in [4.78, 5) is 15.4. The average Bonchev–Trinajstić information content (AvgIpc) is 3.23. The topological polar surface area (TPSA) is 47.4 Å². The number of carbonyl (C=O) groups is 1. The second kappa shape index (κ2) is 8.41. The molecule has 2 aromatic heterocycles. The van der Waals surface area contributed by atoms with E-state index in [1.807, 2.05) is 44.1 Å². The molecule has 0 saturated heterocycles. The Morgan fingerprint density at radius 2 is 1.90 bits per heavy atom. The van der Waals surface area contributed by atoms with Crippen molar-refractivity contribution >= 4 is 17.2 Å². The SMILES string of the molecule is Cc1cc(C)c(C)c(OCc2csc(C(=O)N(C)Cc3c(C)nn(C)c3C)c2)c1. The quantitative estimate of drug-likeness (QED) is 0.581. The Morgan fingerprint density at radius 3 is 2.55 bits per heavy atom. The predicted octanol–water partition coefficient (Wildman–Crippen LogP) is 4.87. The molecule has 5 nitrogen and oxygen atoms in total. The lowest BCUT2D eigenvalue weighted by molar-refractivity contribution is 0.0789. The van der Waals surface area contributed by atoms with E-state index in [0.29, 0.717) is 13.2 Å². The molecule has 0 spiro atoms. The van der Waals surface area contributed by atoms with Gasteiger partial charge in [0.1, 0.15) is 12.4 Å². The van der Waals surface area contributed by atoms with E-state index in [0.717, 1.165) is 38.7 Å². The number of aryl methyl sites for hydroxylation is 4. The van der Waals surface area contributed by atoms with Crippen molar-refractivity contribution in [2.45, 2.75) is 47.8 Å². The van der Waals surface area contributed by atoms with Crippen molar-refractivity contribution in [2.75, 3.05) is 7.05 Å². The lowest BCUT2D eigenvalue weighted by Gasteiger charge is -2.16. The Hall–Kier alpha value is -2.60. The molecule has 2 heterocycles. The molecule has 6 heteroatoms. The van der Waals surface area contributed by atoms with Crippen molar-refractivity contribution in [3.05, 3.63) is 67.7 Å². The zero-order chi connectivity index (χ0) is 21.3. The fourth-order valence-electron chi connectivity index (χ4n) is 3.42. The van der Waals surface area contributed by atoms with Gasteiger partial charge in [0.15, 0.2) is 0 Å². The Balaban J connectivity index is 1.67. The Labute approximate surface area is 176 Å². The minimum Gasteiger partial charge on any atom is -0.489 e. The van der Waals surface area contributed by atoms with Crippen LogP contribution in [0.1, 0.15) is 48.9 Å². The predicted molar refractivity (Wildman–Crippen MR) is 118 cm³/mol. The summed E-state index contributed by atoms with van der Waals surface area (Å²) in [5.74, 6) is 0.924. The standard InChI is InChI=1S/C23H29N3O2S/c1-14-8-15(2)16(3)21(9-14)28-12-19-10-22(29-13-19)23(27)25(6)11-20-17(4)24-26(7)18(20)5/h8-10,13H,11-12H2,1-7H3. The van der Waals surface area contributed by atoms with Gasteiger partial charge >= 0.3 is 0 Å². The highest BCUT2D eigenvalue weighted by molar-refractivity contribution is 7.12. The number of benzene rings is 1. The van der Waals surface area contributed by atoms with Gasteiger partial charge < -0.3 is 9.64 Å². The third-order valence-corrected chi connectivity index (χ3v) is 6.39. The van der Waals surface area contributed by atoms with Crippen LogP contribution in [-0.4, -0.2) is 27.6 Å². The van der Waals surface area contributed by atoms with Crippen molar-refractivity contribution in [3.63, 3.8) is 0 Å². The van der Waals surface area contributed by atoms with Crippen LogP contribution in [0.15, 0.2) is 23.6 Å². The molecule has 1 aromatic carbocycles. The van der Waals surface area contributed by atoms with E-state index in [2.05, 4.69) is 38.0 Å². The fourth-order valence-corrected chi connectivity index (χ4v) is 4.31. The molecule has 0 radical (unpaired) electrons. The number of hydrogen-bond donors (Lipinski definition) is 0. The van der Waals surface area contributed by atoms with Gasteiger partial charge in [-0.25, -0.2) is 0 Å². The maximum absolute atomic E-state index is 12.9. The number of hydrogen-bond acceptors (Lipinski definition) is 4. The number of nitrogens with zero attached hydrogens (tertiary/aromatic N) is 3. The minimum absolute atomic E-state index is 0.0199. The molecule has 0 bridgehead atoms. The van der Waals surface area contributed by atoms with Crippen molar-refractivity contribution in [1.82, 2.24) is 14.7 Å². The van der Waals surface area contributed by atoms with E-state index in [-0.39, 0.29) is 5.91 Å². The summed E-state index contributed by atoms with van der Waals surface area (Å²) in [5.41, 5.74) is 7.74. The molecule has 3 aromatic rings. The minimum atomic E-state index is 0.0199. The van der Waals surface area contributed by atoms with Crippen LogP contribution >= 0.6 is 11.3 Å². The summed E-state index contributed by atoms with van der Waals surface area (Å²) in [6, 6.07) is 6.16. The van der Waals surface area contributed by atoms with Gasteiger partial charge in [0.25, 0.3) is 5.91 Å². The Kier molecular flexibility index (Phi) is 6.13. The van der Waals surface area contributed by atoms with Crippen LogP contribution in [0.5, 0.6) is 5.75 Å². The number of ether oxygens (including phenoxy) is 1. The van der Waals surface area contributed by atoms with Crippen LogP contribution in [0.2, 0.25) is 0 Å². The third kappa shape index (κ3) is 4.53. The normalized spacial score (nSPS) is 11.0. The van der Waals surface area contributed by atoms with E-state index < -0.39 is 0 Å². The summed E-state index contributed by atoms with van der Waals surface area (Å²) < 4.78 is 7.90. The number of thiophene rings is 1. The monoisotopic (exact) mass is 411 g/mol. The molecule has 0 aliphatic heterocycles. The van der Waals surface area contributed by atoms with Gasteiger partial charge in [-0.1, -0.05) is 6.07 Å². The number of amides is 1. The maximum Gasteiger partial charge on any atom is 0.263 e. The largest absolute Gasteiger partial charge is 0.489 e. The summed E-state index contributed by atoms with van der Waals surface area (Å²) in [5, 5.41) is 6.44. The Morgan fingerprint density at radius 1 is 1.17 bits per heavy atom. The summed E-state index contributed by atoms with van der Waals surface area (Å²) in [6.45, 7) is 11.3. The third-order valence-electron chi connectivity index (χ3n) is 5.42. The van der Waals surface area contributed by atoms with Crippen molar-refractivity contribution in [1.29, 1.82) is 0 Å². The second-order valence-electron chi connectivity index (χ2n) is 7.75.